The van der Waals surface area contributed by atoms with Crippen LogP contribution < -0.4 is 10.1 Å². The van der Waals surface area contributed by atoms with Crippen molar-refractivity contribution < 1.29 is 9.53 Å². The fourth-order valence-corrected chi connectivity index (χ4v) is 3.59. The second-order valence-corrected chi connectivity index (χ2v) is 7.37. The van der Waals surface area contributed by atoms with Crippen LogP contribution in [0.3, 0.4) is 0 Å². The van der Waals surface area contributed by atoms with Gasteiger partial charge in [0.2, 0.25) is 5.91 Å². The molecule has 1 aliphatic rings. The highest BCUT2D eigenvalue weighted by molar-refractivity contribution is 6.30. The Balaban J connectivity index is 1.41. The summed E-state index contributed by atoms with van der Waals surface area (Å²) in [6.07, 6.45) is 5.87. The summed E-state index contributed by atoms with van der Waals surface area (Å²) in [6.45, 7) is 1.08. The van der Waals surface area contributed by atoms with Gasteiger partial charge in [-0.2, -0.15) is 5.10 Å². The van der Waals surface area contributed by atoms with Crippen molar-refractivity contribution in [2.24, 2.45) is 0 Å². The lowest BCUT2D eigenvalue weighted by Gasteiger charge is -2.40. The molecule has 7 heteroatoms. The highest BCUT2D eigenvalue weighted by Gasteiger charge is 2.45. The van der Waals surface area contributed by atoms with Gasteiger partial charge in [-0.05, 0) is 42.7 Å². The molecular weight excluding hydrogens is 376 g/mol. The van der Waals surface area contributed by atoms with E-state index in [9.17, 15) is 4.79 Å². The molecule has 1 fully saturated rings. The van der Waals surface area contributed by atoms with E-state index in [1.807, 2.05) is 48.5 Å². The molecule has 3 aromatic rings. The average Bonchev–Trinajstić information content (AvgIpc) is 3.16. The largest absolute Gasteiger partial charge is 0.492 e. The number of carbonyl (C=O) groups is 1. The van der Waals surface area contributed by atoms with E-state index >= 15 is 0 Å². The molecule has 0 radical (unpaired) electrons. The molecule has 144 valence electrons. The third-order valence-corrected chi connectivity index (χ3v) is 5.44. The Bertz CT molecular complexity index is 937. The van der Waals surface area contributed by atoms with Crippen molar-refractivity contribution in [2.45, 2.75) is 31.2 Å². The lowest BCUT2D eigenvalue weighted by Crippen LogP contribution is -2.45. The summed E-state index contributed by atoms with van der Waals surface area (Å²) >= 11 is 6.00. The number of benzene rings is 2. The molecule has 2 aromatic carbocycles. The minimum atomic E-state index is -0.478. The molecule has 0 saturated heterocycles. The van der Waals surface area contributed by atoms with E-state index in [1.54, 1.807) is 11.0 Å². The van der Waals surface area contributed by atoms with Crippen LogP contribution in [-0.2, 0) is 16.8 Å². The summed E-state index contributed by atoms with van der Waals surface area (Å²) in [5.41, 5.74) is 1.26. The molecule has 1 saturated carbocycles. The van der Waals surface area contributed by atoms with E-state index in [-0.39, 0.29) is 5.91 Å². The molecule has 6 nitrogen and oxygen atoms in total. The van der Waals surface area contributed by atoms with E-state index in [2.05, 4.69) is 15.4 Å². The summed E-state index contributed by atoms with van der Waals surface area (Å²) in [6, 6.07) is 15.0. The standard InChI is InChI=1S/C21H21ClN4O2/c22-17-7-5-16(6-8-17)21(9-2-10-21)20(27)25-18-3-1-4-19(13-18)28-12-11-26-15-23-14-24-26/h1,3-8,13-15H,2,9-12H2,(H,25,27). The monoisotopic (exact) mass is 396 g/mol. The maximum Gasteiger partial charge on any atom is 0.235 e. The van der Waals surface area contributed by atoms with Crippen molar-refractivity contribution in [3.8, 4) is 5.75 Å². The predicted molar refractivity (Wildman–Crippen MR) is 108 cm³/mol. The molecule has 0 aliphatic heterocycles. The second kappa shape index (κ2) is 8.02. The minimum Gasteiger partial charge on any atom is -0.492 e. The number of halogens is 1. The molecule has 1 aromatic heterocycles. The molecule has 28 heavy (non-hydrogen) atoms. The van der Waals surface area contributed by atoms with E-state index in [0.29, 0.717) is 23.9 Å². The lowest BCUT2D eigenvalue weighted by atomic mass is 9.64. The smallest absolute Gasteiger partial charge is 0.235 e. The Morgan fingerprint density at radius 3 is 2.71 bits per heavy atom. The first-order chi connectivity index (χ1) is 13.7. The van der Waals surface area contributed by atoms with Crippen LogP contribution in [0.15, 0.2) is 61.2 Å². The van der Waals surface area contributed by atoms with Gasteiger partial charge in [-0.1, -0.05) is 36.2 Å². The van der Waals surface area contributed by atoms with Crippen LogP contribution in [0.4, 0.5) is 5.69 Å². The Morgan fingerprint density at radius 1 is 1.21 bits per heavy atom. The van der Waals surface area contributed by atoms with Crippen molar-refractivity contribution in [1.82, 2.24) is 14.8 Å². The minimum absolute atomic E-state index is 0.0147. The van der Waals surface area contributed by atoms with Crippen LogP contribution in [0.25, 0.3) is 0 Å². The predicted octanol–water partition coefficient (Wildman–Crippen LogP) is 4.07. The zero-order valence-electron chi connectivity index (χ0n) is 15.3. The molecule has 0 atom stereocenters. The molecule has 1 aliphatic carbocycles. The number of nitrogens with one attached hydrogen (secondary N) is 1. The van der Waals surface area contributed by atoms with Crippen LogP contribution >= 0.6 is 11.6 Å². The van der Waals surface area contributed by atoms with Gasteiger partial charge in [0.05, 0.1) is 12.0 Å². The lowest BCUT2D eigenvalue weighted by molar-refractivity contribution is -0.124. The van der Waals surface area contributed by atoms with E-state index in [0.717, 1.165) is 30.5 Å². The first kappa shape index (κ1) is 18.5. The summed E-state index contributed by atoms with van der Waals surface area (Å²) in [5.74, 6) is 0.716. The number of ether oxygens (including phenoxy) is 1. The molecule has 1 N–H and O–H groups in total. The van der Waals surface area contributed by atoms with E-state index in [1.165, 1.54) is 6.33 Å². The maximum atomic E-state index is 13.1. The fourth-order valence-electron chi connectivity index (χ4n) is 3.47. The molecular formula is C21H21ClN4O2. The van der Waals surface area contributed by atoms with Gasteiger partial charge < -0.3 is 10.1 Å². The van der Waals surface area contributed by atoms with Crippen LogP contribution in [-0.4, -0.2) is 27.3 Å². The first-order valence-corrected chi connectivity index (χ1v) is 9.66. The number of rotatable bonds is 7. The Hall–Kier alpha value is -2.86. The topological polar surface area (TPSA) is 69.0 Å². The van der Waals surface area contributed by atoms with E-state index < -0.39 is 5.41 Å². The van der Waals surface area contributed by atoms with Gasteiger partial charge in [0, 0.05) is 16.8 Å². The SMILES string of the molecule is O=C(Nc1cccc(OCCn2cncn2)c1)C1(c2ccc(Cl)cc2)CCC1. The number of carbonyl (C=O) groups excluding carboxylic acids is 1. The first-order valence-electron chi connectivity index (χ1n) is 9.28. The number of aromatic nitrogens is 3. The van der Waals surface area contributed by atoms with Crippen molar-refractivity contribution in [2.75, 3.05) is 11.9 Å². The molecule has 0 spiro atoms. The average molecular weight is 397 g/mol. The van der Waals surface area contributed by atoms with Crippen LogP contribution in [0, 0.1) is 0 Å². The van der Waals surface area contributed by atoms with Crippen molar-refractivity contribution in [1.29, 1.82) is 0 Å². The second-order valence-electron chi connectivity index (χ2n) is 6.93. The zero-order chi connectivity index (χ0) is 19.4. The van der Waals surface area contributed by atoms with Gasteiger partial charge in [0.25, 0.3) is 0 Å². The number of anilines is 1. The molecule has 0 bridgehead atoms. The fraction of sp³-hybridized carbons (Fsp3) is 0.286. The van der Waals surface area contributed by atoms with Gasteiger partial charge in [-0.3, -0.25) is 4.79 Å². The third-order valence-electron chi connectivity index (χ3n) is 5.19. The van der Waals surface area contributed by atoms with Crippen LogP contribution in [0.1, 0.15) is 24.8 Å². The van der Waals surface area contributed by atoms with Gasteiger partial charge in [-0.15, -0.1) is 0 Å². The van der Waals surface area contributed by atoms with Crippen molar-refractivity contribution >= 4 is 23.2 Å². The summed E-state index contributed by atoms with van der Waals surface area (Å²) in [7, 11) is 0. The van der Waals surface area contributed by atoms with Crippen LogP contribution in [0.2, 0.25) is 5.02 Å². The Labute approximate surface area is 168 Å². The van der Waals surface area contributed by atoms with Gasteiger partial charge in [-0.25, -0.2) is 9.67 Å². The number of hydrogen-bond acceptors (Lipinski definition) is 4. The molecule has 1 heterocycles. The summed E-state index contributed by atoms with van der Waals surface area (Å²) in [5, 5.41) is 7.78. The number of nitrogens with zero attached hydrogens (tertiary/aromatic N) is 3. The van der Waals surface area contributed by atoms with Gasteiger partial charge in [0.1, 0.15) is 25.0 Å². The molecule has 1 amide bonds. The van der Waals surface area contributed by atoms with Crippen molar-refractivity contribution in [3.63, 3.8) is 0 Å². The highest BCUT2D eigenvalue weighted by Crippen LogP contribution is 2.45. The number of hydrogen-bond donors (Lipinski definition) is 1. The third kappa shape index (κ3) is 3.87. The normalized spacial score (nSPS) is 14.9. The Morgan fingerprint density at radius 2 is 2.04 bits per heavy atom. The van der Waals surface area contributed by atoms with Gasteiger partial charge in [0.15, 0.2) is 0 Å². The van der Waals surface area contributed by atoms with Crippen LogP contribution in [0.5, 0.6) is 5.75 Å². The van der Waals surface area contributed by atoms with E-state index in [4.69, 9.17) is 16.3 Å². The maximum absolute atomic E-state index is 13.1. The highest BCUT2D eigenvalue weighted by atomic mass is 35.5. The Kier molecular flexibility index (Phi) is 5.30. The molecule has 4 rings (SSSR count). The summed E-state index contributed by atoms with van der Waals surface area (Å²) in [4.78, 5) is 17.0. The van der Waals surface area contributed by atoms with Gasteiger partial charge >= 0.3 is 0 Å². The molecule has 0 unspecified atom stereocenters. The summed E-state index contributed by atoms with van der Waals surface area (Å²) < 4.78 is 7.48. The quantitative estimate of drug-likeness (QED) is 0.653. The zero-order valence-corrected chi connectivity index (χ0v) is 16.1. The van der Waals surface area contributed by atoms with Crippen molar-refractivity contribution in [3.05, 3.63) is 71.8 Å². The number of amides is 1.